The molecule has 2 fully saturated rings. The topological polar surface area (TPSA) is 15.3 Å². The first-order valence-corrected chi connectivity index (χ1v) is 5.99. The average Bonchev–Trinajstić information content (AvgIpc) is 2.55. The van der Waals surface area contributed by atoms with Gasteiger partial charge in [0.15, 0.2) is 0 Å². The summed E-state index contributed by atoms with van der Waals surface area (Å²) in [4.78, 5) is 2.73. The molecular weight excluding hydrogens is 172 g/mol. The molecule has 0 aromatic carbocycles. The summed E-state index contributed by atoms with van der Waals surface area (Å²) >= 11 is 0. The molecule has 3 atom stereocenters. The molecule has 2 nitrogen and oxygen atoms in total. The fraction of sp³-hybridized carbons (Fsp3) is 1.00. The monoisotopic (exact) mass is 196 g/mol. The Morgan fingerprint density at radius 3 is 2.43 bits per heavy atom. The van der Waals surface area contributed by atoms with E-state index in [9.17, 15) is 0 Å². The first kappa shape index (κ1) is 10.4. The van der Waals surface area contributed by atoms with Crippen LogP contribution in [-0.4, -0.2) is 35.6 Å². The first-order valence-electron chi connectivity index (χ1n) is 5.99. The van der Waals surface area contributed by atoms with E-state index in [1.54, 1.807) is 0 Å². The average molecular weight is 196 g/mol. The van der Waals surface area contributed by atoms with Crippen molar-refractivity contribution < 1.29 is 0 Å². The number of hydrogen-bond donors (Lipinski definition) is 1. The van der Waals surface area contributed by atoms with E-state index in [2.05, 4.69) is 37.9 Å². The Bertz CT molecular complexity index is 212. The Morgan fingerprint density at radius 1 is 1.29 bits per heavy atom. The van der Waals surface area contributed by atoms with E-state index in [0.29, 0.717) is 11.6 Å². The van der Waals surface area contributed by atoms with Gasteiger partial charge in [-0.2, -0.15) is 0 Å². The lowest BCUT2D eigenvalue weighted by Crippen LogP contribution is -2.46. The number of nitrogens with one attached hydrogen (secondary N) is 1. The zero-order valence-corrected chi connectivity index (χ0v) is 10.0. The van der Waals surface area contributed by atoms with Crippen LogP contribution in [-0.2, 0) is 0 Å². The molecule has 14 heavy (non-hydrogen) atoms. The van der Waals surface area contributed by atoms with Gasteiger partial charge in [-0.25, -0.2) is 0 Å². The zero-order chi connectivity index (χ0) is 10.3. The van der Waals surface area contributed by atoms with Crippen LogP contribution in [0.1, 0.15) is 40.5 Å². The maximum atomic E-state index is 3.56. The lowest BCUT2D eigenvalue weighted by atomic mass is 9.96. The number of hydrogen-bond acceptors (Lipinski definition) is 2. The summed E-state index contributed by atoms with van der Waals surface area (Å²) in [6.45, 7) is 12.0. The molecule has 3 unspecified atom stereocenters. The molecule has 0 spiro atoms. The summed E-state index contributed by atoms with van der Waals surface area (Å²) in [6, 6.07) is 1.50. The van der Waals surface area contributed by atoms with Crippen LogP contribution in [0.4, 0.5) is 0 Å². The second-order valence-corrected chi connectivity index (χ2v) is 5.97. The fourth-order valence-corrected chi connectivity index (χ4v) is 3.41. The van der Waals surface area contributed by atoms with E-state index in [0.717, 1.165) is 12.0 Å². The number of likely N-dealkylation sites (tertiary alicyclic amines) is 1. The normalized spacial score (nSPS) is 43.3. The largest absolute Gasteiger partial charge is 0.313 e. The minimum atomic E-state index is 0.426. The van der Waals surface area contributed by atoms with Crippen LogP contribution in [0.5, 0.6) is 0 Å². The minimum absolute atomic E-state index is 0.426. The van der Waals surface area contributed by atoms with Crippen molar-refractivity contribution in [1.82, 2.24) is 10.2 Å². The molecule has 0 aliphatic carbocycles. The van der Waals surface area contributed by atoms with Crippen LogP contribution in [0.2, 0.25) is 0 Å². The van der Waals surface area contributed by atoms with Crippen LogP contribution < -0.4 is 5.32 Å². The van der Waals surface area contributed by atoms with Gasteiger partial charge in [0.1, 0.15) is 0 Å². The van der Waals surface area contributed by atoms with Gasteiger partial charge in [0, 0.05) is 30.7 Å². The molecule has 0 aromatic heterocycles. The lowest BCUT2D eigenvalue weighted by Gasteiger charge is -2.36. The Balaban J connectivity index is 2.03. The molecule has 0 saturated carbocycles. The molecule has 2 aliphatic heterocycles. The van der Waals surface area contributed by atoms with E-state index in [1.165, 1.54) is 25.9 Å². The van der Waals surface area contributed by atoms with Crippen molar-refractivity contribution in [2.75, 3.05) is 13.1 Å². The highest BCUT2D eigenvalue weighted by molar-refractivity contribution is 4.98. The highest BCUT2D eigenvalue weighted by Gasteiger charge is 2.41. The summed E-state index contributed by atoms with van der Waals surface area (Å²) in [5.74, 6) is 0.876. The van der Waals surface area contributed by atoms with Crippen molar-refractivity contribution in [3.05, 3.63) is 0 Å². The Labute approximate surface area is 88.1 Å². The second kappa shape index (κ2) is 3.49. The maximum Gasteiger partial charge on any atom is 0.0240 e. The third kappa shape index (κ3) is 1.82. The summed E-state index contributed by atoms with van der Waals surface area (Å²) in [5.41, 5.74) is 0.426. The summed E-state index contributed by atoms with van der Waals surface area (Å²) in [5, 5.41) is 3.56. The highest BCUT2D eigenvalue weighted by Crippen LogP contribution is 2.35. The second-order valence-electron chi connectivity index (χ2n) is 5.97. The molecule has 0 amide bonds. The van der Waals surface area contributed by atoms with Gasteiger partial charge in [-0.05, 0) is 39.5 Å². The van der Waals surface area contributed by atoms with Gasteiger partial charge in [0.05, 0.1) is 0 Å². The van der Waals surface area contributed by atoms with Crippen molar-refractivity contribution in [3.8, 4) is 0 Å². The predicted molar refractivity (Wildman–Crippen MR) is 60.4 cm³/mol. The van der Waals surface area contributed by atoms with Gasteiger partial charge >= 0.3 is 0 Å². The van der Waals surface area contributed by atoms with Gasteiger partial charge < -0.3 is 5.32 Å². The third-order valence-electron chi connectivity index (χ3n) is 3.90. The molecule has 1 N–H and O–H groups in total. The number of rotatable bonds is 1. The van der Waals surface area contributed by atoms with Crippen LogP contribution in [0.3, 0.4) is 0 Å². The van der Waals surface area contributed by atoms with E-state index >= 15 is 0 Å². The minimum Gasteiger partial charge on any atom is -0.313 e. The third-order valence-corrected chi connectivity index (χ3v) is 3.90. The fourth-order valence-electron chi connectivity index (χ4n) is 3.41. The van der Waals surface area contributed by atoms with Gasteiger partial charge in [-0.15, -0.1) is 0 Å². The van der Waals surface area contributed by atoms with Gasteiger partial charge in [-0.3, -0.25) is 4.90 Å². The molecule has 2 rings (SSSR count). The van der Waals surface area contributed by atoms with Crippen molar-refractivity contribution in [2.45, 2.75) is 58.2 Å². The summed E-state index contributed by atoms with van der Waals surface area (Å²) < 4.78 is 0. The van der Waals surface area contributed by atoms with Crippen molar-refractivity contribution >= 4 is 0 Å². The maximum absolute atomic E-state index is 3.56. The van der Waals surface area contributed by atoms with Crippen molar-refractivity contribution in [1.29, 1.82) is 0 Å². The molecule has 82 valence electrons. The first-order chi connectivity index (χ1) is 6.49. The van der Waals surface area contributed by atoms with Crippen molar-refractivity contribution in [3.63, 3.8) is 0 Å². The van der Waals surface area contributed by atoms with Gasteiger partial charge in [0.25, 0.3) is 0 Å². The van der Waals surface area contributed by atoms with E-state index in [-0.39, 0.29) is 0 Å². The molecule has 0 aromatic rings. The molecular formula is C12H24N2. The van der Waals surface area contributed by atoms with E-state index < -0.39 is 0 Å². The lowest BCUT2D eigenvalue weighted by molar-refractivity contribution is 0.123. The van der Waals surface area contributed by atoms with Crippen LogP contribution in [0.25, 0.3) is 0 Å². The van der Waals surface area contributed by atoms with Gasteiger partial charge in [0.2, 0.25) is 0 Å². The van der Waals surface area contributed by atoms with E-state index in [1.807, 2.05) is 0 Å². The standard InChI is InChI=1S/C12H24N2/c1-9-6-12(3,4)14(8-9)11-5-10(2)13-7-11/h9-11,13H,5-8H2,1-4H3. The van der Waals surface area contributed by atoms with Gasteiger partial charge in [-0.1, -0.05) is 6.92 Å². The predicted octanol–water partition coefficient (Wildman–Crippen LogP) is 1.86. The summed E-state index contributed by atoms with van der Waals surface area (Å²) in [7, 11) is 0. The highest BCUT2D eigenvalue weighted by atomic mass is 15.3. The van der Waals surface area contributed by atoms with Crippen LogP contribution in [0, 0.1) is 5.92 Å². The smallest absolute Gasteiger partial charge is 0.0240 e. The van der Waals surface area contributed by atoms with Crippen LogP contribution in [0.15, 0.2) is 0 Å². The Hall–Kier alpha value is -0.0800. The Morgan fingerprint density at radius 2 is 2.00 bits per heavy atom. The molecule has 0 radical (unpaired) electrons. The van der Waals surface area contributed by atoms with Crippen molar-refractivity contribution in [2.24, 2.45) is 5.92 Å². The number of nitrogens with zero attached hydrogens (tertiary/aromatic N) is 1. The molecule has 2 saturated heterocycles. The zero-order valence-electron chi connectivity index (χ0n) is 10.0. The summed E-state index contributed by atoms with van der Waals surface area (Å²) in [6.07, 6.45) is 2.69. The SMILES string of the molecule is CC1CN(C2CNC(C)C2)C(C)(C)C1. The van der Waals surface area contributed by atoms with Crippen LogP contribution >= 0.6 is 0 Å². The Kier molecular flexibility index (Phi) is 2.61. The molecule has 0 bridgehead atoms. The van der Waals surface area contributed by atoms with E-state index in [4.69, 9.17) is 0 Å². The molecule has 2 heteroatoms. The molecule has 2 aliphatic rings. The quantitative estimate of drug-likeness (QED) is 0.688. The molecule has 2 heterocycles.